The van der Waals surface area contributed by atoms with E-state index >= 15 is 0 Å². The van der Waals surface area contributed by atoms with Crippen molar-refractivity contribution in [2.24, 2.45) is 0 Å². The van der Waals surface area contributed by atoms with Gasteiger partial charge in [-0.3, -0.25) is 0 Å². The van der Waals surface area contributed by atoms with E-state index < -0.39 is 0 Å². The summed E-state index contributed by atoms with van der Waals surface area (Å²) < 4.78 is 1.03. The van der Waals surface area contributed by atoms with E-state index in [1.54, 1.807) is 6.20 Å². The van der Waals surface area contributed by atoms with Gasteiger partial charge in [0, 0.05) is 27.3 Å². The Kier molecular flexibility index (Phi) is 5.09. The molecule has 0 unspecified atom stereocenters. The summed E-state index contributed by atoms with van der Waals surface area (Å²) in [6.07, 6.45) is 1.71. The molecule has 2 aromatic carbocycles. The highest BCUT2D eigenvalue weighted by atomic mass is 79.9. The van der Waals surface area contributed by atoms with Gasteiger partial charge in [-0.15, -0.1) is 11.3 Å². The number of benzene rings is 2. The Morgan fingerprint density at radius 2 is 1.96 bits per heavy atom. The third-order valence-electron chi connectivity index (χ3n) is 3.51. The molecule has 24 heavy (non-hydrogen) atoms. The van der Waals surface area contributed by atoms with Crippen LogP contribution in [0.3, 0.4) is 0 Å². The largest absolute Gasteiger partial charge is 0.360 e. The van der Waals surface area contributed by atoms with Crippen LogP contribution in [-0.4, -0.2) is 4.98 Å². The standard InChI is InChI=1S/C19H14BrN3S/c1-13-4-2-3-5-17(13)22-11-15(10-21)19-23-18(12-24-19)14-6-8-16(20)9-7-14/h2-9,11-12,22H,1H3/b15-11+. The molecular formula is C19H14BrN3S. The number of hydrogen-bond donors (Lipinski definition) is 1. The highest BCUT2D eigenvalue weighted by Crippen LogP contribution is 2.27. The molecule has 0 fully saturated rings. The summed E-state index contributed by atoms with van der Waals surface area (Å²) in [7, 11) is 0. The SMILES string of the molecule is Cc1ccccc1N/C=C(\C#N)c1nc(-c2ccc(Br)cc2)cs1. The predicted octanol–water partition coefficient (Wildman–Crippen LogP) is 5.86. The van der Waals surface area contributed by atoms with E-state index in [-0.39, 0.29) is 0 Å². The van der Waals surface area contributed by atoms with E-state index in [0.29, 0.717) is 10.6 Å². The van der Waals surface area contributed by atoms with Crippen molar-refractivity contribution in [1.29, 1.82) is 5.26 Å². The van der Waals surface area contributed by atoms with Gasteiger partial charge in [0.1, 0.15) is 16.6 Å². The zero-order valence-corrected chi connectivity index (χ0v) is 15.4. The molecule has 0 saturated heterocycles. The van der Waals surface area contributed by atoms with Gasteiger partial charge in [0.2, 0.25) is 0 Å². The third kappa shape index (κ3) is 3.73. The van der Waals surface area contributed by atoms with Crippen molar-refractivity contribution in [3.63, 3.8) is 0 Å². The van der Waals surface area contributed by atoms with Crippen LogP contribution in [-0.2, 0) is 0 Å². The molecule has 5 heteroatoms. The normalized spacial score (nSPS) is 11.1. The zero-order valence-electron chi connectivity index (χ0n) is 13.0. The molecule has 0 saturated carbocycles. The molecular weight excluding hydrogens is 382 g/mol. The Morgan fingerprint density at radius 3 is 2.67 bits per heavy atom. The molecule has 1 heterocycles. The lowest BCUT2D eigenvalue weighted by atomic mass is 10.2. The molecule has 0 aliphatic rings. The fourth-order valence-corrected chi connectivity index (χ4v) is 3.24. The van der Waals surface area contributed by atoms with Gasteiger partial charge in [-0.25, -0.2) is 4.98 Å². The Morgan fingerprint density at radius 1 is 1.21 bits per heavy atom. The molecule has 0 aliphatic heterocycles. The van der Waals surface area contributed by atoms with E-state index in [0.717, 1.165) is 27.0 Å². The first kappa shape index (κ1) is 16.4. The van der Waals surface area contributed by atoms with Gasteiger partial charge in [-0.05, 0) is 30.7 Å². The highest BCUT2D eigenvalue weighted by Gasteiger charge is 2.09. The third-order valence-corrected chi connectivity index (χ3v) is 4.92. The van der Waals surface area contributed by atoms with Crippen LogP contribution < -0.4 is 5.32 Å². The number of thiazole rings is 1. The molecule has 0 amide bonds. The van der Waals surface area contributed by atoms with Crippen molar-refractivity contribution in [3.8, 4) is 17.3 Å². The Balaban J connectivity index is 1.84. The van der Waals surface area contributed by atoms with Crippen molar-refractivity contribution < 1.29 is 0 Å². The second kappa shape index (κ2) is 7.43. The number of halogens is 1. The van der Waals surface area contributed by atoms with Crippen LogP contribution in [0.5, 0.6) is 0 Å². The Labute approximate surface area is 153 Å². The molecule has 0 radical (unpaired) electrons. The van der Waals surface area contributed by atoms with Crippen LogP contribution in [0.15, 0.2) is 64.6 Å². The first-order chi connectivity index (χ1) is 11.7. The van der Waals surface area contributed by atoms with Crippen molar-refractivity contribution in [2.45, 2.75) is 6.92 Å². The molecule has 1 N–H and O–H groups in total. The van der Waals surface area contributed by atoms with Crippen molar-refractivity contribution >= 4 is 38.5 Å². The van der Waals surface area contributed by atoms with Crippen LogP contribution in [0.2, 0.25) is 0 Å². The van der Waals surface area contributed by atoms with Crippen molar-refractivity contribution in [2.75, 3.05) is 5.32 Å². The number of aryl methyl sites for hydroxylation is 1. The number of rotatable bonds is 4. The van der Waals surface area contributed by atoms with E-state index in [1.807, 2.05) is 60.8 Å². The van der Waals surface area contributed by atoms with Crippen molar-refractivity contribution in [1.82, 2.24) is 4.98 Å². The zero-order chi connectivity index (χ0) is 16.9. The second-order valence-corrected chi connectivity index (χ2v) is 6.95. The summed E-state index contributed by atoms with van der Waals surface area (Å²) in [4.78, 5) is 4.59. The Hall–Kier alpha value is -2.42. The average Bonchev–Trinajstić information content (AvgIpc) is 3.07. The minimum atomic E-state index is 0.520. The summed E-state index contributed by atoms with van der Waals surface area (Å²) in [5, 5.41) is 15.3. The quantitative estimate of drug-likeness (QED) is 0.562. The smallest absolute Gasteiger partial charge is 0.136 e. The lowest BCUT2D eigenvalue weighted by molar-refractivity contribution is 1.36. The molecule has 3 aromatic rings. The lowest BCUT2D eigenvalue weighted by Gasteiger charge is -2.04. The summed E-state index contributed by atoms with van der Waals surface area (Å²) in [5.41, 5.74) is 4.53. The number of hydrogen-bond acceptors (Lipinski definition) is 4. The van der Waals surface area contributed by atoms with Crippen LogP contribution in [0.4, 0.5) is 5.69 Å². The molecule has 0 spiro atoms. The van der Waals surface area contributed by atoms with Gasteiger partial charge in [0.25, 0.3) is 0 Å². The maximum absolute atomic E-state index is 9.45. The number of aromatic nitrogens is 1. The van der Waals surface area contributed by atoms with Gasteiger partial charge in [-0.2, -0.15) is 5.26 Å². The summed E-state index contributed by atoms with van der Waals surface area (Å²) >= 11 is 4.89. The van der Waals surface area contributed by atoms with E-state index in [9.17, 15) is 5.26 Å². The first-order valence-corrected chi connectivity index (χ1v) is 8.99. The van der Waals surface area contributed by atoms with Crippen LogP contribution >= 0.6 is 27.3 Å². The number of para-hydroxylation sites is 1. The topological polar surface area (TPSA) is 48.7 Å². The lowest BCUT2D eigenvalue weighted by Crippen LogP contribution is -1.93. The fraction of sp³-hybridized carbons (Fsp3) is 0.0526. The fourth-order valence-electron chi connectivity index (χ4n) is 2.18. The highest BCUT2D eigenvalue weighted by molar-refractivity contribution is 9.10. The number of allylic oxidation sites excluding steroid dienone is 1. The molecule has 3 rings (SSSR count). The minimum absolute atomic E-state index is 0.520. The molecule has 118 valence electrons. The molecule has 1 aromatic heterocycles. The van der Waals surface area contributed by atoms with Crippen LogP contribution in [0.1, 0.15) is 10.6 Å². The van der Waals surface area contributed by atoms with E-state index in [4.69, 9.17) is 0 Å². The summed E-state index contributed by atoms with van der Waals surface area (Å²) in [6, 6.07) is 18.1. The molecule has 0 atom stereocenters. The maximum atomic E-state index is 9.45. The maximum Gasteiger partial charge on any atom is 0.136 e. The Bertz CT molecular complexity index is 920. The van der Waals surface area contributed by atoms with Gasteiger partial charge in [0.15, 0.2) is 0 Å². The number of nitriles is 1. The van der Waals surface area contributed by atoms with Gasteiger partial charge in [-0.1, -0.05) is 46.3 Å². The number of nitrogens with zero attached hydrogens (tertiary/aromatic N) is 2. The minimum Gasteiger partial charge on any atom is -0.360 e. The summed E-state index contributed by atoms with van der Waals surface area (Å²) in [6.45, 7) is 2.03. The molecule has 0 bridgehead atoms. The number of anilines is 1. The summed E-state index contributed by atoms with van der Waals surface area (Å²) in [5.74, 6) is 0. The van der Waals surface area contributed by atoms with Crippen LogP contribution in [0, 0.1) is 18.3 Å². The number of nitrogens with one attached hydrogen (secondary N) is 1. The van der Waals surface area contributed by atoms with Gasteiger partial charge >= 0.3 is 0 Å². The predicted molar refractivity (Wildman–Crippen MR) is 104 cm³/mol. The molecule has 3 nitrogen and oxygen atoms in total. The monoisotopic (exact) mass is 395 g/mol. The first-order valence-electron chi connectivity index (χ1n) is 7.31. The van der Waals surface area contributed by atoms with Crippen LogP contribution in [0.25, 0.3) is 16.8 Å². The van der Waals surface area contributed by atoms with Gasteiger partial charge < -0.3 is 5.32 Å². The van der Waals surface area contributed by atoms with E-state index in [2.05, 4.69) is 32.3 Å². The second-order valence-electron chi connectivity index (χ2n) is 5.17. The van der Waals surface area contributed by atoms with Gasteiger partial charge in [0.05, 0.1) is 5.69 Å². The van der Waals surface area contributed by atoms with E-state index in [1.165, 1.54) is 11.3 Å². The molecule has 0 aliphatic carbocycles. The van der Waals surface area contributed by atoms with Crippen molar-refractivity contribution in [3.05, 3.63) is 75.2 Å². The average molecular weight is 396 g/mol.